The minimum Gasteiger partial charge on any atom is -0.507 e. The van der Waals surface area contributed by atoms with Crippen LogP contribution in [0.3, 0.4) is 0 Å². The van der Waals surface area contributed by atoms with E-state index in [9.17, 15) is 19.1 Å². The van der Waals surface area contributed by atoms with E-state index in [2.05, 4.69) is 4.74 Å². The number of carbonyl (C=O) groups excluding carboxylic acids is 2. The lowest BCUT2D eigenvalue weighted by Gasteiger charge is -2.04. The van der Waals surface area contributed by atoms with Crippen molar-refractivity contribution >= 4 is 29.1 Å². The standard InChI is InChI=1S/C11H8ClFO4/c1-17-11(16)9(15)5-8(14)10-6(12)3-2-4-7(10)13/h2-5,14H,1H3/b8-5-. The largest absolute Gasteiger partial charge is 0.507 e. The third-order valence-electron chi connectivity index (χ3n) is 1.87. The monoisotopic (exact) mass is 258 g/mol. The van der Waals surface area contributed by atoms with Gasteiger partial charge in [0.05, 0.1) is 17.7 Å². The number of rotatable bonds is 3. The molecule has 0 fully saturated rings. The Bertz CT molecular complexity index is 476. The van der Waals surface area contributed by atoms with E-state index in [1.165, 1.54) is 12.1 Å². The van der Waals surface area contributed by atoms with Crippen LogP contribution in [0, 0.1) is 5.82 Å². The van der Waals surface area contributed by atoms with Crippen LogP contribution in [0.5, 0.6) is 0 Å². The molecule has 0 amide bonds. The third kappa shape index (κ3) is 3.04. The average molecular weight is 259 g/mol. The Morgan fingerprint density at radius 1 is 1.47 bits per heavy atom. The fourth-order valence-electron chi connectivity index (χ4n) is 1.10. The first kappa shape index (κ1) is 13.2. The first-order valence-electron chi connectivity index (χ1n) is 4.44. The van der Waals surface area contributed by atoms with Gasteiger partial charge in [0.1, 0.15) is 11.6 Å². The zero-order chi connectivity index (χ0) is 13.0. The highest BCUT2D eigenvalue weighted by atomic mass is 35.5. The van der Waals surface area contributed by atoms with E-state index in [1.54, 1.807) is 0 Å². The molecule has 0 aliphatic carbocycles. The lowest BCUT2D eigenvalue weighted by atomic mass is 10.1. The Morgan fingerprint density at radius 2 is 2.12 bits per heavy atom. The molecule has 0 spiro atoms. The van der Waals surface area contributed by atoms with Crippen LogP contribution in [0.25, 0.3) is 5.76 Å². The SMILES string of the molecule is COC(=O)C(=O)/C=C(\O)c1c(F)cccc1Cl. The van der Waals surface area contributed by atoms with Crippen LogP contribution in [0.15, 0.2) is 24.3 Å². The van der Waals surface area contributed by atoms with Crippen molar-refractivity contribution in [3.05, 3.63) is 40.7 Å². The summed E-state index contributed by atoms with van der Waals surface area (Å²) in [7, 11) is 1.02. The second-order valence-electron chi connectivity index (χ2n) is 2.98. The van der Waals surface area contributed by atoms with Gasteiger partial charge in [0.25, 0.3) is 5.78 Å². The maximum Gasteiger partial charge on any atom is 0.378 e. The highest BCUT2D eigenvalue weighted by Gasteiger charge is 2.16. The Balaban J connectivity index is 3.12. The highest BCUT2D eigenvalue weighted by Crippen LogP contribution is 2.24. The lowest BCUT2D eigenvalue weighted by molar-refractivity contribution is -0.149. The molecule has 0 atom stereocenters. The maximum absolute atomic E-state index is 13.3. The van der Waals surface area contributed by atoms with E-state index in [-0.39, 0.29) is 10.6 Å². The number of benzene rings is 1. The van der Waals surface area contributed by atoms with Crippen LogP contribution in [0.2, 0.25) is 5.02 Å². The van der Waals surface area contributed by atoms with Crippen LogP contribution in [0.4, 0.5) is 4.39 Å². The summed E-state index contributed by atoms with van der Waals surface area (Å²) >= 11 is 5.65. The van der Waals surface area contributed by atoms with Crippen molar-refractivity contribution in [2.75, 3.05) is 7.11 Å². The molecule has 1 N–H and O–H groups in total. The molecule has 1 rings (SSSR count). The van der Waals surface area contributed by atoms with Gasteiger partial charge in [-0.25, -0.2) is 9.18 Å². The van der Waals surface area contributed by atoms with Gasteiger partial charge in [-0.1, -0.05) is 17.7 Å². The molecule has 1 aromatic carbocycles. The number of aliphatic hydroxyl groups excluding tert-OH is 1. The molecule has 4 nitrogen and oxygen atoms in total. The smallest absolute Gasteiger partial charge is 0.378 e. The van der Waals surface area contributed by atoms with Gasteiger partial charge in [-0.15, -0.1) is 0 Å². The molecule has 17 heavy (non-hydrogen) atoms. The molecule has 0 saturated carbocycles. The summed E-state index contributed by atoms with van der Waals surface area (Å²) < 4.78 is 17.5. The van der Waals surface area contributed by atoms with Crippen LogP contribution in [-0.2, 0) is 14.3 Å². The number of methoxy groups -OCH3 is 1. The molecule has 0 radical (unpaired) electrons. The van der Waals surface area contributed by atoms with Crippen molar-refractivity contribution in [2.45, 2.75) is 0 Å². The predicted octanol–water partition coefficient (Wildman–Crippen LogP) is 2.12. The third-order valence-corrected chi connectivity index (χ3v) is 2.19. The molecular formula is C11H8ClFO4. The van der Waals surface area contributed by atoms with E-state index in [1.807, 2.05) is 0 Å². The first-order chi connectivity index (χ1) is 7.97. The van der Waals surface area contributed by atoms with Gasteiger partial charge in [-0.05, 0) is 12.1 Å². The van der Waals surface area contributed by atoms with Crippen LogP contribution in [-0.4, -0.2) is 24.0 Å². The van der Waals surface area contributed by atoms with Gasteiger partial charge >= 0.3 is 5.97 Å². The molecule has 6 heteroatoms. The number of carbonyl (C=O) groups is 2. The number of ether oxygens (including phenoxy) is 1. The van der Waals surface area contributed by atoms with Gasteiger partial charge in [0, 0.05) is 6.08 Å². The van der Waals surface area contributed by atoms with Gasteiger partial charge in [-0.2, -0.15) is 0 Å². The summed E-state index contributed by atoms with van der Waals surface area (Å²) in [6, 6.07) is 3.75. The Kier molecular flexibility index (Phi) is 4.23. The van der Waals surface area contributed by atoms with Gasteiger partial charge in [-0.3, -0.25) is 4.79 Å². The van der Waals surface area contributed by atoms with E-state index in [0.717, 1.165) is 13.2 Å². The van der Waals surface area contributed by atoms with E-state index in [0.29, 0.717) is 6.08 Å². The number of halogens is 2. The summed E-state index contributed by atoms with van der Waals surface area (Å²) in [6.45, 7) is 0. The number of hydrogen-bond acceptors (Lipinski definition) is 4. The zero-order valence-corrected chi connectivity index (χ0v) is 9.49. The van der Waals surface area contributed by atoms with Crippen molar-refractivity contribution in [3.8, 4) is 0 Å². The second-order valence-corrected chi connectivity index (χ2v) is 3.39. The van der Waals surface area contributed by atoms with Crippen LogP contribution >= 0.6 is 11.6 Å². The maximum atomic E-state index is 13.3. The van der Waals surface area contributed by atoms with E-state index in [4.69, 9.17) is 11.6 Å². The number of ketones is 1. The second kappa shape index (κ2) is 5.45. The van der Waals surface area contributed by atoms with E-state index >= 15 is 0 Å². The summed E-state index contributed by atoms with van der Waals surface area (Å²) in [5, 5.41) is 9.43. The molecule has 0 aliphatic rings. The zero-order valence-electron chi connectivity index (χ0n) is 8.74. The number of hydrogen-bond donors (Lipinski definition) is 1. The molecule has 0 unspecified atom stereocenters. The summed E-state index contributed by atoms with van der Waals surface area (Å²) in [5.74, 6) is -3.80. The van der Waals surface area contributed by atoms with Crippen molar-refractivity contribution < 1.29 is 23.8 Å². The molecule has 0 aromatic heterocycles. The number of aliphatic hydroxyl groups is 1. The van der Waals surface area contributed by atoms with Crippen molar-refractivity contribution in [1.29, 1.82) is 0 Å². The van der Waals surface area contributed by atoms with Crippen LogP contribution in [0.1, 0.15) is 5.56 Å². The first-order valence-corrected chi connectivity index (χ1v) is 4.82. The van der Waals surface area contributed by atoms with Gasteiger partial charge in [0.15, 0.2) is 0 Å². The lowest BCUT2D eigenvalue weighted by Crippen LogP contribution is -2.13. The molecule has 1 aromatic rings. The van der Waals surface area contributed by atoms with Crippen molar-refractivity contribution in [1.82, 2.24) is 0 Å². The average Bonchev–Trinajstić information content (AvgIpc) is 2.27. The highest BCUT2D eigenvalue weighted by molar-refractivity contribution is 6.39. The van der Waals surface area contributed by atoms with Crippen molar-refractivity contribution in [3.63, 3.8) is 0 Å². The molecule has 90 valence electrons. The molecule has 0 aliphatic heterocycles. The Morgan fingerprint density at radius 3 is 2.65 bits per heavy atom. The minimum absolute atomic E-state index is 0.0728. The quantitative estimate of drug-likeness (QED) is 0.390. The fraction of sp³-hybridized carbons (Fsp3) is 0.0909. The van der Waals surface area contributed by atoms with Crippen LogP contribution < -0.4 is 0 Å². The molecule has 0 bridgehead atoms. The molecular weight excluding hydrogens is 251 g/mol. The van der Waals surface area contributed by atoms with Gasteiger partial charge < -0.3 is 9.84 Å². The molecule has 0 saturated heterocycles. The topological polar surface area (TPSA) is 63.6 Å². The number of esters is 1. The predicted molar refractivity (Wildman–Crippen MR) is 59.0 cm³/mol. The summed E-state index contributed by atoms with van der Waals surface area (Å²) in [4.78, 5) is 21.9. The van der Waals surface area contributed by atoms with Gasteiger partial charge in [0.2, 0.25) is 0 Å². The Labute approximate surface area is 101 Å². The normalized spacial score (nSPS) is 11.1. The Hall–Kier alpha value is -1.88. The minimum atomic E-state index is -1.16. The molecule has 0 heterocycles. The van der Waals surface area contributed by atoms with E-state index < -0.39 is 23.3 Å². The fourth-order valence-corrected chi connectivity index (χ4v) is 1.36. The summed E-state index contributed by atoms with van der Waals surface area (Å²) in [5.41, 5.74) is -0.341. The van der Waals surface area contributed by atoms with Crippen molar-refractivity contribution in [2.24, 2.45) is 0 Å². The summed E-state index contributed by atoms with van der Waals surface area (Å²) in [6.07, 6.45) is 0.552.